The molecule has 194 valence electrons. The molecule has 0 spiro atoms. The minimum Gasteiger partial charge on any atom is -0.309 e. The van der Waals surface area contributed by atoms with Crippen LogP contribution in [0.25, 0.3) is 66.1 Å². The third kappa shape index (κ3) is 3.53. The van der Waals surface area contributed by atoms with E-state index in [1.165, 1.54) is 27.1 Å². The summed E-state index contributed by atoms with van der Waals surface area (Å²) in [6.07, 6.45) is 0. The van der Waals surface area contributed by atoms with Crippen molar-refractivity contribution in [3.63, 3.8) is 0 Å². The van der Waals surface area contributed by atoms with Crippen molar-refractivity contribution in [2.75, 3.05) is 0 Å². The molecule has 0 aliphatic carbocycles. The molecule has 0 radical (unpaired) electrons. The number of rotatable bonds is 3. The summed E-state index contributed by atoms with van der Waals surface area (Å²) in [7, 11) is 0. The molecule has 4 heteroatoms. The predicted octanol–water partition coefficient (Wildman–Crippen LogP) is 9.29. The van der Waals surface area contributed by atoms with E-state index in [1.807, 2.05) is 30.3 Å². The lowest BCUT2D eigenvalue weighted by atomic mass is 10.00. The minimum atomic E-state index is 0.474. The lowest BCUT2D eigenvalue weighted by Gasteiger charge is -2.12. The second kappa shape index (κ2) is 9.24. The van der Waals surface area contributed by atoms with Crippen molar-refractivity contribution >= 4 is 43.6 Å². The van der Waals surface area contributed by atoms with Crippen LogP contribution in [-0.2, 0) is 0 Å². The molecule has 42 heavy (non-hydrogen) atoms. The zero-order valence-corrected chi connectivity index (χ0v) is 22.5. The predicted molar refractivity (Wildman–Crippen MR) is 170 cm³/mol. The molecule has 6 aromatic carbocycles. The van der Waals surface area contributed by atoms with Gasteiger partial charge in [0.05, 0.1) is 45.3 Å². The van der Waals surface area contributed by atoms with Crippen LogP contribution in [-0.4, -0.2) is 9.13 Å². The highest BCUT2D eigenvalue weighted by molar-refractivity contribution is 6.19. The second-order valence-corrected chi connectivity index (χ2v) is 10.5. The third-order valence-electron chi connectivity index (χ3n) is 8.11. The Morgan fingerprint density at radius 1 is 0.381 bits per heavy atom. The Bertz CT molecular complexity index is 2400. The van der Waals surface area contributed by atoms with Crippen molar-refractivity contribution in [2.24, 2.45) is 0 Å². The highest BCUT2D eigenvalue weighted by atomic mass is 15.0. The second-order valence-electron chi connectivity index (χ2n) is 10.5. The monoisotopic (exact) mass is 534 g/mol. The van der Waals surface area contributed by atoms with Gasteiger partial charge in [-0.05, 0) is 77.9 Å². The van der Waals surface area contributed by atoms with E-state index < -0.39 is 0 Å². The standard InChI is InChI=1S/C38H22N4/c39-23-25-17-26(24-40)19-28(18-25)27-9-8-12-30(20-27)42-36-16-7-5-14-32(36)34-21-33-31-13-4-6-15-35(31)41(37(33)22-38(34)42)29-10-2-1-3-11-29/h1-22H. The van der Waals surface area contributed by atoms with E-state index in [2.05, 4.69) is 118 Å². The van der Waals surface area contributed by atoms with Crippen LogP contribution in [0.4, 0.5) is 0 Å². The maximum absolute atomic E-state index is 9.55. The van der Waals surface area contributed by atoms with Gasteiger partial charge in [0, 0.05) is 32.9 Å². The van der Waals surface area contributed by atoms with Crippen molar-refractivity contribution in [3.05, 3.63) is 145 Å². The molecular formula is C38H22N4. The van der Waals surface area contributed by atoms with Gasteiger partial charge in [-0.2, -0.15) is 10.5 Å². The quantitative estimate of drug-likeness (QED) is 0.227. The molecule has 8 rings (SSSR count). The van der Waals surface area contributed by atoms with Crippen LogP contribution >= 0.6 is 0 Å². The molecule has 2 heterocycles. The molecule has 4 nitrogen and oxygen atoms in total. The first kappa shape index (κ1) is 23.8. The van der Waals surface area contributed by atoms with Gasteiger partial charge < -0.3 is 9.13 Å². The molecule has 0 bridgehead atoms. The number of fused-ring (bicyclic) bond motifs is 6. The van der Waals surface area contributed by atoms with Crippen molar-refractivity contribution in [1.82, 2.24) is 9.13 Å². The maximum Gasteiger partial charge on any atom is 0.0992 e. The molecule has 0 aliphatic heterocycles. The van der Waals surface area contributed by atoms with Crippen LogP contribution in [0.15, 0.2) is 133 Å². The molecule has 0 unspecified atom stereocenters. The Hall–Kier alpha value is -6.10. The number of nitriles is 2. The zero-order valence-electron chi connectivity index (χ0n) is 22.5. The number of para-hydroxylation sites is 3. The van der Waals surface area contributed by atoms with E-state index in [4.69, 9.17) is 0 Å². The van der Waals surface area contributed by atoms with Gasteiger partial charge >= 0.3 is 0 Å². The number of hydrogen-bond donors (Lipinski definition) is 0. The fraction of sp³-hybridized carbons (Fsp3) is 0. The molecule has 0 fully saturated rings. The maximum atomic E-state index is 9.55. The first-order chi connectivity index (χ1) is 20.7. The van der Waals surface area contributed by atoms with Gasteiger partial charge in [0.15, 0.2) is 0 Å². The summed E-state index contributed by atoms with van der Waals surface area (Å²) < 4.78 is 4.67. The molecular weight excluding hydrogens is 512 g/mol. The Labute approximate surface area is 242 Å². The summed E-state index contributed by atoms with van der Waals surface area (Å²) in [5, 5.41) is 23.9. The van der Waals surface area contributed by atoms with E-state index in [0.717, 1.165) is 39.1 Å². The molecule has 2 aromatic heterocycles. The van der Waals surface area contributed by atoms with Crippen LogP contribution in [0.1, 0.15) is 11.1 Å². The van der Waals surface area contributed by atoms with Gasteiger partial charge in [0.2, 0.25) is 0 Å². The fourth-order valence-electron chi connectivity index (χ4n) is 6.31. The lowest BCUT2D eigenvalue weighted by Crippen LogP contribution is -1.96. The Kier molecular flexibility index (Phi) is 5.22. The lowest BCUT2D eigenvalue weighted by molar-refractivity contribution is 1.16. The van der Waals surface area contributed by atoms with E-state index in [9.17, 15) is 10.5 Å². The number of nitrogens with zero attached hydrogens (tertiary/aromatic N) is 4. The summed E-state index contributed by atoms with van der Waals surface area (Å²) in [5.41, 5.74) is 9.45. The van der Waals surface area contributed by atoms with E-state index in [-0.39, 0.29) is 0 Å². The number of aromatic nitrogens is 2. The average Bonchev–Trinajstić information content (AvgIpc) is 3.56. The van der Waals surface area contributed by atoms with E-state index in [0.29, 0.717) is 11.1 Å². The van der Waals surface area contributed by atoms with Gasteiger partial charge in [-0.3, -0.25) is 0 Å². The van der Waals surface area contributed by atoms with Crippen molar-refractivity contribution in [2.45, 2.75) is 0 Å². The Morgan fingerprint density at radius 3 is 1.55 bits per heavy atom. The molecule has 0 N–H and O–H groups in total. The van der Waals surface area contributed by atoms with Crippen LogP contribution in [0.3, 0.4) is 0 Å². The zero-order chi connectivity index (χ0) is 28.2. The van der Waals surface area contributed by atoms with Crippen LogP contribution < -0.4 is 0 Å². The van der Waals surface area contributed by atoms with Gasteiger partial charge in [0.1, 0.15) is 0 Å². The van der Waals surface area contributed by atoms with Crippen molar-refractivity contribution in [1.29, 1.82) is 10.5 Å². The van der Waals surface area contributed by atoms with Crippen molar-refractivity contribution < 1.29 is 0 Å². The largest absolute Gasteiger partial charge is 0.309 e. The Morgan fingerprint density at radius 2 is 0.929 bits per heavy atom. The van der Waals surface area contributed by atoms with Gasteiger partial charge in [-0.15, -0.1) is 0 Å². The van der Waals surface area contributed by atoms with Gasteiger partial charge in [-0.1, -0.05) is 66.7 Å². The van der Waals surface area contributed by atoms with E-state index in [1.54, 1.807) is 6.07 Å². The normalized spacial score (nSPS) is 11.3. The summed E-state index contributed by atoms with van der Waals surface area (Å²) in [5.74, 6) is 0. The SMILES string of the molecule is N#Cc1cc(C#N)cc(-c2cccc(-n3c4ccccc4c4cc5c6ccccc6n(-c6ccccc6)c5cc43)c2)c1. The van der Waals surface area contributed by atoms with Crippen LogP contribution in [0.2, 0.25) is 0 Å². The highest BCUT2D eigenvalue weighted by Crippen LogP contribution is 2.40. The van der Waals surface area contributed by atoms with E-state index >= 15 is 0 Å². The first-order valence-electron chi connectivity index (χ1n) is 13.8. The molecule has 0 saturated carbocycles. The third-order valence-corrected chi connectivity index (χ3v) is 8.11. The topological polar surface area (TPSA) is 57.4 Å². The number of benzene rings is 6. The van der Waals surface area contributed by atoms with Crippen LogP contribution in [0.5, 0.6) is 0 Å². The summed E-state index contributed by atoms with van der Waals surface area (Å²) in [6, 6.07) is 50.3. The highest BCUT2D eigenvalue weighted by Gasteiger charge is 2.18. The molecule has 0 aliphatic rings. The average molecular weight is 535 g/mol. The molecule has 0 amide bonds. The summed E-state index contributed by atoms with van der Waals surface area (Å²) in [4.78, 5) is 0. The molecule has 0 atom stereocenters. The number of hydrogen-bond acceptors (Lipinski definition) is 2. The first-order valence-corrected chi connectivity index (χ1v) is 13.8. The van der Waals surface area contributed by atoms with Gasteiger partial charge in [-0.25, -0.2) is 0 Å². The Balaban J connectivity index is 1.45. The summed E-state index contributed by atoms with van der Waals surface area (Å²) >= 11 is 0. The molecule has 8 aromatic rings. The minimum absolute atomic E-state index is 0.474. The van der Waals surface area contributed by atoms with Gasteiger partial charge in [0.25, 0.3) is 0 Å². The van der Waals surface area contributed by atoms with Crippen LogP contribution in [0, 0.1) is 22.7 Å². The van der Waals surface area contributed by atoms with Crippen molar-refractivity contribution in [3.8, 4) is 34.6 Å². The molecule has 0 saturated heterocycles. The fourth-order valence-corrected chi connectivity index (χ4v) is 6.31. The smallest absolute Gasteiger partial charge is 0.0992 e. The summed E-state index contributed by atoms with van der Waals surface area (Å²) in [6.45, 7) is 0.